The van der Waals surface area contributed by atoms with Crippen LogP contribution in [0.5, 0.6) is 0 Å². The number of sulfonamides is 1. The zero-order chi connectivity index (χ0) is 13.2. The molecular formula is C11H11N2O3S2. The Balaban J connectivity index is 2.29. The molecule has 0 saturated heterocycles. The van der Waals surface area contributed by atoms with Crippen LogP contribution in [0.1, 0.15) is 5.01 Å². The highest BCUT2D eigenvalue weighted by atomic mass is 32.2. The minimum atomic E-state index is -3.84. The number of nitrogens with one attached hydrogen (secondary N) is 1. The molecule has 5 nitrogen and oxygen atoms in total. The lowest BCUT2D eigenvalue weighted by Gasteiger charge is -2.21. The highest BCUT2D eigenvalue weighted by Crippen LogP contribution is 2.22. The maximum Gasteiger partial charge on any atom is 0.243 e. The standard InChI is InChI=1S/C11H11N2O3S2/c1-11(14,10-12-7-8-17-10)13-18(15,16)9-5-3-2-4-6-9/h2-8,13-14H,1H2. The monoisotopic (exact) mass is 283 g/mol. The number of aromatic nitrogens is 1. The average molecular weight is 283 g/mol. The summed E-state index contributed by atoms with van der Waals surface area (Å²) >= 11 is 1.12. The van der Waals surface area contributed by atoms with E-state index in [0.29, 0.717) is 0 Å². The Morgan fingerprint density at radius 2 is 2.00 bits per heavy atom. The first kappa shape index (κ1) is 13.2. The number of thiazole rings is 1. The van der Waals surface area contributed by atoms with Gasteiger partial charge in [-0.25, -0.2) is 13.4 Å². The Labute approximate surface area is 109 Å². The molecule has 7 heteroatoms. The molecule has 0 spiro atoms. The SMILES string of the molecule is [CH2]C(O)(NS(=O)(=O)c1ccccc1)c1nccs1. The number of aliphatic hydroxyl groups is 1. The molecular weight excluding hydrogens is 272 g/mol. The summed E-state index contributed by atoms with van der Waals surface area (Å²) in [6.07, 6.45) is 1.47. The summed E-state index contributed by atoms with van der Waals surface area (Å²) < 4.78 is 26.1. The number of hydrogen-bond donors (Lipinski definition) is 2. The van der Waals surface area contributed by atoms with E-state index >= 15 is 0 Å². The van der Waals surface area contributed by atoms with Crippen LogP contribution in [-0.2, 0) is 15.7 Å². The fourth-order valence-corrected chi connectivity index (χ4v) is 3.21. The lowest BCUT2D eigenvalue weighted by atomic mass is 10.3. The molecule has 18 heavy (non-hydrogen) atoms. The predicted octanol–water partition coefficient (Wildman–Crippen LogP) is 1.10. The molecule has 2 aromatic rings. The molecule has 1 aromatic heterocycles. The molecule has 0 saturated carbocycles. The first-order valence-electron chi connectivity index (χ1n) is 4.98. The van der Waals surface area contributed by atoms with Gasteiger partial charge in [0.15, 0.2) is 5.72 Å². The van der Waals surface area contributed by atoms with Gasteiger partial charge in [0.05, 0.1) is 4.90 Å². The Hall–Kier alpha value is -1.28. The zero-order valence-electron chi connectivity index (χ0n) is 9.28. The van der Waals surface area contributed by atoms with Gasteiger partial charge in [-0.15, -0.1) is 11.3 Å². The molecule has 0 fully saturated rings. The van der Waals surface area contributed by atoms with Gasteiger partial charge in [0.2, 0.25) is 10.0 Å². The molecule has 0 aliphatic heterocycles. The van der Waals surface area contributed by atoms with Crippen LogP contribution in [-0.4, -0.2) is 18.5 Å². The van der Waals surface area contributed by atoms with Crippen molar-refractivity contribution in [3.8, 4) is 0 Å². The van der Waals surface area contributed by atoms with Gasteiger partial charge in [-0.05, 0) is 12.1 Å². The third-order valence-corrected chi connectivity index (χ3v) is 4.57. The second-order valence-electron chi connectivity index (χ2n) is 3.62. The van der Waals surface area contributed by atoms with Crippen molar-refractivity contribution in [2.45, 2.75) is 10.6 Å². The average Bonchev–Trinajstić information content (AvgIpc) is 2.83. The Morgan fingerprint density at radius 3 is 2.56 bits per heavy atom. The van der Waals surface area contributed by atoms with Crippen molar-refractivity contribution in [2.75, 3.05) is 0 Å². The molecule has 0 aliphatic carbocycles. The van der Waals surface area contributed by atoms with Crippen molar-refractivity contribution in [1.29, 1.82) is 0 Å². The summed E-state index contributed by atoms with van der Waals surface area (Å²) in [6.45, 7) is 3.44. The van der Waals surface area contributed by atoms with E-state index in [2.05, 4.69) is 16.6 Å². The van der Waals surface area contributed by atoms with Gasteiger partial charge in [-0.2, -0.15) is 4.72 Å². The molecule has 2 rings (SSSR count). The molecule has 1 aromatic carbocycles. The van der Waals surface area contributed by atoms with E-state index in [-0.39, 0.29) is 9.90 Å². The number of nitrogens with zero attached hydrogens (tertiary/aromatic N) is 1. The van der Waals surface area contributed by atoms with E-state index in [1.165, 1.54) is 18.3 Å². The molecule has 2 N–H and O–H groups in total. The lowest BCUT2D eigenvalue weighted by molar-refractivity contribution is 0.0739. The van der Waals surface area contributed by atoms with Gasteiger partial charge in [0.1, 0.15) is 5.01 Å². The molecule has 95 valence electrons. The van der Waals surface area contributed by atoms with E-state index < -0.39 is 15.7 Å². The van der Waals surface area contributed by atoms with Crippen molar-refractivity contribution < 1.29 is 13.5 Å². The molecule has 1 heterocycles. The van der Waals surface area contributed by atoms with Crippen LogP contribution in [0.2, 0.25) is 0 Å². The summed E-state index contributed by atoms with van der Waals surface area (Å²) in [4.78, 5) is 3.90. The first-order chi connectivity index (χ1) is 8.42. The van der Waals surface area contributed by atoms with Crippen molar-refractivity contribution in [3.63, 3.8) is 0 Å². The molecule has 0 amide bonds. The molecule has 1 unspecified atom stereocenters. The molecule has 1 radical (unpaired) electrons. The predicted molar refractivity (Wildman–Crippen MR) is 68.1 cm³/mol. The van der Waals surface area contributed by atoms with Crippen LogP contribution < -0.4 is 4.72 Å². The summed E-state index contributed by atoms with van der Waals surface area (Å²) in [7, 11) is -3.84. The van der Waals surface area contributed by atoms with E-state index in [1.807, 2.05) is 0 Å². The van der Waals surface area contributed by atoms with Gasteiger partial charge < -0.3 is 5.11 Å². The zero-order valence-corrected chi connectivity index (χ0v) is 10.9. The van der Waals surface area contributed by atoms with Gasteiger partial charge >= 0.3 is 0 Å². The van der Waals surface area contributed by atoms with Gasteiger partial charge in [-0.1, -0.05) is 18.2 Å². The quantitative estimate of drug-likeness (QED) is 0.824. The molecule has 0 bridgehead atoms. The van der Waals surface area contributed by atoms with Crippen molar-refractivity contribution in [1.82, 2.24) is 9.71 Å². The number of benzene rings is 1. The van der Waals surface area contributed by atoms with Crippen LogP contribution in [0.25, 0.3) is 0 Å². The number of hydrogen-bond acceptors (Lipinski definition) is 5. The largest absolute Gasteiger partial charge is 0.369 e. The summed E-state index contributed by atoms with van der Waals surface area (Å²) in [6, 6.07) is 7.76. The van der Waals surface area contributed by atoms with Crippen molar-refractivity contribution >= 4 is 21.4 Å². The topological polar surface area (TPSA) is 79.3 Å². The maximum absolute atomic E-state index is 12.0. The first-order valence-corrected chi connectivity index (χ1v) is 7.35. The molecule has 0 aliphatic rings. The molecule has 1 atom stereocenters. The summed E-state index contributed by atoms with van der Waals surface area (Å²) in [5.41, 5.74) is -1.97. The van der Waals surface area contributed by atoms with E-state index in [4.69, 9.17) is 0 Å². The van der Waals surface area contributed by atoms with Crippen molar-refractivity contribution in [2.24, 2.45) is 0 Å². The minimum Gasteiger partial charge on any atom is -0.369 e. The second-order valence-corrected chi connectivity index (χ2v) is 6.19. The third-order valence-electron chi connectivity index (χ3n) is 2.14. The summed E-state index contributed by atoms with van der Waals surface area (Å²) in [5, 5.41) is 11.8. The fraction of sp³-hybridized carbons (Fsp3) is 0.0909. The fourth-order valence-electron chi connectivity index (χ4n) is 1.35. The maximum atomic E-state index is 12.0. The summed E-state index contributed by atoms with van der Waals surface area (Å²) in [5.74, 6) is 0. The van der Waals surface area contributed by atoms with E-state index in [0.717, 1.165) is 11.3 Å². The lowest BCUT2D eigenvalue weighted by Crippen LogP contribution is -2.43. The van der Waals surface area contributed by atoms with Crippen LogP contribution in [0.4, 0.5) is 0 Å². The van der Waals surface area contributed by atoms with Crippen molar-refractivity contribution in [3.05, 3.63) is 53.8 Å². The Kier molecular flexibility index (Phi) is 3.49. The van der Waals surface area contributed by atoms with Crippen LogP contribution in [0, 0.1) is 6.92 Å². The van der Waals surface area contributed by atoms with Gasteiger partial charge in [0.25, 0.3) is 0 Å². The highest BCUT2D eigenvalue weighted by Gasteiger charge is 2.32. The van der Waals surface area contributed by atoms with Crippen LogP contribution in [0.3, 0.4) is 0 Å². The van der Waals surface area contributed by atoms with Gasteiger partial charge in [-0.3, -0.25) is 0 Å². The van der Waals surface area contributed by atoms with E-state index in [9.17, 15) is 13.5 Å². The third kappa shape index (κ3) is 2.75. The van der Waals surface area contributed by atoms with E-state index in [1.54, 1.807) is 23.6 Å². The number of rotatable bonds is 4. The normalized spacial score (nSPS) is 15.2. The van der Waals surface area contributed by atoms with Crippen LogP contribution in [0.15, 0.2) is 46.8 Å². The Bertz CT molecular complexity index is 607. The van der Waals surface area contributed by atoms with Crippen LogP contribution >= 0.6 is 11.3 Å². The highest BCUT2D eigenvalue weighted by molar-refractivity contribution is 7.89. The Morgan fingerprint density at radius 1 is 1.33 bits per heavy atom. The van der Waals surface area contributed by atoms with Gasteiger partial charge in [0, 0.05) is 18.5 Å². The minimum absolute atomic E-state index is 0.0589. The second kappa shape index (κ2) is 4.77. The smallest absolute Gasteiger partial charge is 0.243 e.